The second-order valence-corrected chi connectivity index (χ2v) is 4.54. The molecule has 2 aromatic rings. The SMILES string of the molecule is O=C(O)C(Cc1ccc(Cl)cc1)Cc1cnoc1. The van der Waals surface area contributed by atoms with Gasteiger partial charge in [-0.05, 0) is 30.5 Å². The lowest BCUT2D eigenvalue weighted by Crippen LogP contribution is -2.18. The van der Waals surface area contributed by atoms with E-state index in [0.29, 0.717) is 17.9 Å². The van der Waals surface area contributed by atoms with Crippen LogP contribution in [0, 0.1) is 5.92 Å². The molecule has 0 saturated heterocycles. The Bertz CT molecular complexity index is 508. The third-order valence-electron chi connectivity index (χ3n) is 2.71. The second-order valence-electron chi connectivity index (χ2n) is 4.10. The first-order chi connectivity index (χ1) is 8.65. The fourth-order valence-corrected chi connectivity index (χ4v) is 1.89. The topological polar surface area (TPSA) is 63.3 Å². The van der Waals surface area contributed by atoms with Crippen molar-refractivity contribution in [3.63, 3.8) is 0 Å². The van der Waals surface area contributed by atoms with E-state index in [-0.39, 0.29) is 0 Å². The van der Waals surface area contributed by atoms with Gasteiger partial charge in [-0.1, -0.05) is 28.9 Å². The molecule has 0 aliphatic heterocycles. The second kappa shape index (κ2) is 5.69. The first-order valence-corrected chi connectivity index (χ1v) is 5.88. The molecule has 0 amide bonds. The average molecular weight is 266 g/mol. The zero-order valence-corrected chi connectivity index (χ0v) is 10.3. The average Bonchev–Trinajstić information content (AvgIpc) is 2.84. The van der Waals surface area contributed by atoms with Crippen LogP contribution >= 0.6 is 11.6 Å². The molecule has 0 aliphatic carbocycles. The van der Waals surface area contributed by atoms with Gasteiger partial charge in [-0.3, -0.25) is 4.79 Å². The minimum Gasteiger partial charge on any atom is -0.481 e. The third kappa shape index (κ3) is 3.34. The first kappa shape index (κ1) is 12.6. The molecule has 2 rings (SSSR count). The van der Waals surface area contributed by atoms with Crippen molar-refractivity contribution < 1.29 is 14.4 Å². The van der Waals surface area contributed by atoms with Crippen LogP contribution < -0.4 is 0 Å². The van der Waals surface area contributed by atoms with Gasteiger partial charge < -0.3 is 9.63 Å². The number of hydrogen-bond acceptors (Lipinski definition) is 3. The Hall–Kier alpha value is -1.81. The summed E-state index contributed by atoms with van der Waals surface area (Å²) in [5.41, 5.74) is 1.74. The number of nitrogens with zero attached hydrogens (tertiary/aromatic N) is 1. The molecule has 5 heteroatoms. The molecule has 1 aromatic heterocycles. The molecule has 0 fully saturated rings. The van der Waals surface area contributed by atoms with Gasteiger partial charge in [0.05, 0.1) is 12.1 Å². The van der Waals surface area contributed by atoms with E-state index < -0.39 is 11.9 Å². The van der Waals surface area contributed by atoms with Crippen LogP contribution in [0.3, 0.4) is 0 Å². The molecule has 1 heterocycles. The predicted octanol–water partition coefficient (Wildman–Crippen LogP) is 2.81. The summed E-state index contributed by atoms with van der Waals surface area (Å²) >= 11 is 5.79. The summed E-state index contributed by atoms with van der Waals surface area (Å²) in [5.74, 6) is -1.32. The van der Waals surface area contributed by atoms with Gasteiger partial charge in [0.25, 0.3) is 0 Å². The van der Waals surface area contributed by atoms with Crippen LogP contribution in [0.1, 0.15) is 11.1 Å². The highest BCUT2D eigenvalue weighted by Gasteiger charge is 2.19. The Labute approximate surface area is 109 Å². The minimum atomic E-state index is -0.828. The molecule has 1 N–H and O–H groups in total. The summed E-state index contributed by atoms with van der Waals surface area (Å²) in [6.07, 6.45) is 3.87. The number of aliphatic carboxylic acids is 1. The maximum atomic E-state index is 11.2. The highest BCUT2D eigenvalue weighted by Crippen LogP contribution is 2.17. The fourth-order valence-electron chi connectivity index (χ4n) is 1.76. The van der Waals surface area contributed by atoms with Crippen molar-refractivity contribution in [3.8, 4) is 0 Å². The van der Waals surface area contributed by atoms with E-state index in [9.17, 15) is 9.90 Å². The lowest BCUT2D eigenvalue weighted by Gasteiger charge is -2.11. The van der Waals surface area contributed by atoms with Crippen molar-refractivity contribution in [1.82, 2.24) is 5.16 Å². The lowest BCUT2D eigenvalue weighted by atomic mass is 9.94. The smallest absolute Gasteiger partial charge is 0.307 e. The van der Waals surface area contributed by atoms with E-state index in [1.54, 1.807) is 12.1 Å². The van der Waals surface area contributed by atoms with Crippen molar-refractivity contribution in [2.24, 2.45) is 5.92 Å². The Morgan fingerprint density at radius 1 is 1.28 bits per heavy atom. The fraction of sp³-hybridized carbons (Fsp3) is 0.231. The van der Waals surface area contributed by atoms with Crippen molar-refractivity contribution in [2.75, 3.05) is 0 Å². The summed E-state index contributed by atoms with van der Waals surface area (Å²) in [6, 6.07) is 7.20. The zero-order valence-electron chi connectivity index (χ0n) is 9.54. The third-order valence-corrected chi connectivity index (χ3v) is 2.96. The van der Waals surface area contributed by atoms with Crippen molar-refractivity contribution in [2.45, 2.75) is 12.8 Å². The number of benzene rings is 1. The summed E-state index contributed by atoms with van der Waals surface area (Å²) in [5, 5.41) is 13.4. The van der Waals surface area contributed by atoms with Gasteiger partial charge in [0, 0.05) is 10.6 Å². The summed E-state index contributed by atoms with van der Waals surface area (Å²) in [4.78, 5) is 11.2. The zero-order chi connectivity index (χ0) is 13.0. The number of aromatic nitrogens is 1. The maximum Gasteiger partial charge on any atom is 0.307 e. The minimum absolute atomic E-state index is 0.404. The predicted molar refractivity (Wildman–Crippen MR) is 66.5 cm³/mol. The van der Waals surface area contributed by atoms with Crippen LogP contribution in [0.2, 0.25) is 5.02 Å². The summed E-state index contributed by atoms with van der Waals surface area (Å²) in [6.45, 7) is 0. The largest absolute Gasteiger partial charge is 0.481 e. The standard InChI is InChI=1S/C13H12ClNO3/c14-12-3-1-9(2-4-12)5-11(13(16)17)6-10-7-15-18-8-10/h1-4,7-8,11H,5-6H2,(H,16,17). The molecule has 94 valence electrons. The van der Waals surface area contributed by atoms with Crippen LogP contribution in [-0.4, -0.2) is 16.2 Å². The van der Waals surface area contributed by atoms with Crippen molar-refractivity contribution >= 4 is 17.6 Å². The molecule has 0 aliphatic rings. The van der Waals surface area contributed by atoms with Gasteiger partial charge in [0.1, 0.15) is 6.26 Å². The number of hydrogen-bond donors (Lipinski definition) is 1. The van der Waals surface area contributed by atoms with E-state index in [1.807, 2.05) is 12.1 Å². The van der Waals surface area contributed by atoms with Crippen molar-refractivity contribution in [3.05, 3.63) is 52.9 Å². The Balaban J connectivity index is 2.06. The first-order valence-electron chi connectivity index (χ1n) is 5.50. The molecule has 0 radical (unpaired) electrons. The molecule has 0 bridgehead atoms. The molecular formula is C13H12ClNO3. The normalized spacial score (nSPS) is 12.3. The number of carbonyl (C=O) groups is 1. The molecule has 1 atom stereocenters. The summed E-state index contributed by atoms with van der Waals surface area (Å²) in [7, 11) is 0. The highest BCUT2D eigenvalue weighted by atomic mass is 35.5. The summed E-state index contributed by atoms with van der Waals surface area (Å²) < 4.78 is 4.70. The van der Waals surface area contributed by atoms with Crippen LogP contribution in [0.5, 0.6) is 0 Å². The van der Waals surface area contributed by atoms with Crippen LogP contribution in [0.4, 0.5) is 0 Å². The monoisotopic (exact) mass is 265 g/mol. The lowest BCUT2D eigenvalue weighted by molar-refractivity contribution is -0.141. The van der Waals surface area contributed by atoms with E-state index in [4.69, 9.17) is 16.1 Å². The molecule has 4 nitrogen and oxygen atoms in total. The molecular weight excluding hydrogens is 254 g/mol. The molecule has 1 aromatic carbocycles. The molecule has 0 spiro atoms. The van der Waals surface area contributed by atoms with Gasteiger partial charge in [0.15, 0.2) is 0 Å². The van der Waals surface area contributed by atoms with Crippen LogP contribution in [0.25, 0.3) is 0 Å². The van der Waals surface area contributed by atoms with Gasteiger partial charge in [0.2, 0.25) is 0 Å². The van der Waals surface area contributed by atoms with Crippen molar-refractivity contribution in [1.29, 1.82) is 0 Å². The quantitative estimate of drug-likeness (QED) is 0.903. The number of carboxylic acid groups (broad SMARTS) is 1. The van der Waals surface area contributed by atoms with Crippen LogP contribution in [0.15, 0.2) is 41.2 Å². The molecule has 18 heavy (non-hydrogen) atoms. The molecule has 0 saturated carbocycles. The Morgan fingerprint density at radius 2 is 1.94 bits per heavy atom. The van der Waals surface area contributed by atoms with E-state index in [1.165, 1.54) is 12.5 Å². The van der Waals surface area contributed by atoms with Gasteiger partial charge in [-0.25, -0.2) is 0 Å². The molecule has 1 unspecified atom stereocenters. The van der Waals surface area contributed by atoms with Gasteiger partial charge in [-0.2, -0.15) is 0 Å². The van der Waals surface area contributed by atoms with E-state index in [2.05, 4.69) is 5.16 Å². The van der Waals surface area contributed by atoms with Crippen LogP contribution in [-0.2, 0) is 17.6 Å². The number of rotatable bonds is 5. The van der Waals surface area contributed by atoms with E-state index >= 15 is 0 Å². The van der Waals surface area contributed by atoms with E-state index in [0.717, 1.165) is 11.1 Å². The Kier molecular flexibility index (Phi) is 3.99. The Morgan fingerprint density at radius 3 is 2.50 bits per heavy atom. The number of carboxylic acids is 1. The number of halogens is 1. The van der Waals surface area contributed by atoms with Gasteiger partial charge >= 0.3 is 5.97 Å². The van der Waals surface area contributed by atoms with Gasteiger partial charge in [-0.15, -0.1) is 0 Å². The highest BCUT2D eigenvalue weighted by molar-refractivity contribution is 6.30. The maximum absolute atomic E-state index is 11.2.